The average molecular weight is 478 g/mol. The van der Waals surface area contributed by atoms with E-state index in [1.165, 1.54) is 6.20 Å². The number of halogens is 1. The van der Waals surface area contributed by atoms with Crippen LogP contribution in [0, 0.1) is 18.8 Å². The average Bonchev–Trinajstić information content (AvgIpc) is 3.33. The SMILES string of the molecule is Cc1ccc(NCCCN2CC3CN(S(=O)(=O)c4cnccc4N(C)C)CC3C2)cc1Cl. The van der Waals surface area contributed by atoms with Gasteiger partial charge in [0.15, 0.2) is 0 Å². The first-order chi connectivity index (χ1) is 15.3. The molecule has 2 fully saturated rings. The predicted octanol–water partition coefficient (Wildman–Crippen LogP) is 3.16. The third-order valence-electron chi connectivity index (χ3n) is 6.54. The Balaban J connectivity index is 1.27. The van der Waals surface area contributed by atoms with E-state index in [4.69, 9.17) is 11.6 Å². The molecule has 2 unspecified atom stereocenters. The molecule has 0 saturated carbocycles. The lowest BCUT2D eigenvalue weighted by molar-refractivity contribution is 0.296. The normalized spacial score (nSPS) is 21.6. The molecule has 1 aromatic heterocycles. The molecule has 0 aliphatic carbocycles. The summed E-state index contributed by atoms with van der Waals surface area (Å²) in [4.78, 5) is 8.66. The van der Waals surface area contributed by atoms with E-state index in [1.807, 2.05) is 38.1 Å². The number of nitrogens with zero attached hydrogens (tertiary/aromatic N) is 4. The summed E-state index contributed by atoms with van der Waals surface area (Å²) in [6.45, 7) is 7.00. The van der Waals surface area contributed by atoms with Crippen molar-refractivity contribution in [3.05, 3.63) is 47.2 Å². The largest absolute Gasteiger partial charge is 0.385 e. The van der Waals surface area contributed by atoms with Gasteiger partial charge in [0.05, 0.1) is 5.69 Å². The summed E-state index contributed by atoms with van der Waals surface area (Å²) in [6, 6.07) is 7.81. The van der Waals surface area contributed by atoms with Crippen molar-refractivity contribution in [2.45, 2.75) is 18.2 Å². The molecule has 0 amide bonds. The quantitative estimate of drug-likeness (QED) is 0.589. The number of aromatic nitrogens is 1. The summed E-state index contributed by atoms with van der Waals surface area (Å²) in [6.07, 6.45) is 4.14. The first-order valence-corrected chi connectivity index (χ1v) is 12.9. The predicted molar refractivity (Wildman–Crippen MR) is 130 cm³/mol. The molecule has 0 radical (unpaired) electrons. The van der Waals surface area contributed by atoms with Crippen molar-refractivity contribution in [1.82, 2.24) is 14.2 Å². The molecular weight excluding hydrogens is 446 g/mol. The minimum Gasteiger partial charge on any atom is -0.385 e. The van der Waals surface area contributed by atoms with Crippen LogP contribution in [0.15, 0.2) is 41.6 Å². The Morgan fingerprint density at radius 3 is 2.53 bits per heavy atom. The zero-order chi connectivity index (χ0) is 22.9. The molecule has 2 aliphatic rings. The van der Waals surface area contributed by atoms with Crippen LogP contribution in [0.5, 0.6) is 0 Å². The number of anilines is 2. The van der Waals surface area contributed by atoms with E-state index >= 15 is 0 Å². The molecular formula is C23H32ClN5O2S. The number of sulfonamides is 1. The first-order valence-electron chi connectivity index (χ1n) is 11.1. The second-order valence-electron chi connectivity index (χ2n) is 9.08. The molecule has 7 nitrogen and oxygen atoms in total. The highest BCUT2D eigenvalue weighted by atomic mass is 35.5. The Morgan fingerprint density at radius 2 is 1.88 bits per heavy atom. The Morgan fingerprint density at radius 1 is 1.16 bits per heavy atom. The number of nitrogens with one attached hydrogen (secondary N) is 1. The Bertz CT molecular complexity index is 1050. The Kier molecular flexibility index (Phi) is 6.95. The van der Waals surface area contributed by atoms with Crippen LogP contribution in [0.2, 0.25) is 5.02 Å². The third-order valence-corrected chi connectivity index (χ3v) is 8.80. The molecule has 2 atom stereocenters. The van der Waals surface area contributed by atoms with Crippen molar-refractivity contribution in [2.24, 2.45) is 11.8 Å². The van der Waals surface area contributed by atoms with Crippen LogP contribution in [-0.4, -0.2) is 76.0 Å². The minimum atomic E-state index is -3.54. The minimum absolute atomic E-state index is 0.295. The van der Waals surface area contributed by atoms with E-state index < -0.39 is 10.0 Å². The number of hydrogen-bond acceptors (Lipinski definition) is 6. The number of hydrogen-bond donors (Lipinski definition) is 1. The van der Waals surface area contributed by atoms with Crippen LogP contribution in [0.4, 0.5) is 11.4 Å². The zero-order valence-corrected chi connectivity index (χ0v) is 20.5. The van der Waals surface area contributed by atoms with Gasteiger partial charge in [0.25, 0.3) is 0 Å². The molecule has 1 N–H and O–H groups in total. The second-order valence-corrected chi connectivity index (χ2v) is 11.4. The lowest BCUT2D eigenvalue weighted by Gasteiger charge is -2.23. The van der Waals surface area contributed by atoms with Crippen LogP contribution in [-0.2, 0) is 10.0 Å². The summed E-state index contributed by atoms with van der Waals surface area (Å²) < 4.78 is 28.2. The highest BCUT2D eigenvalue weighted by Gasteiger charge is 2.44. The Hall–Kier alpha value is -1.87. The van der Waals surface area contributed by atoms with Gasteiger partial charge < -0.3 is 15.1 Å². The number of benzene rings is 1. The molecule has 32 heavy (non-hydrogen) atoms. The molecule has 0 spiro atoms. The number of likely N-dealkylation sites (tertiary alicyclic amines) is 1. The van der Waals surface area contributed by atoms with E-state index in [9.17, 15) is 8.42 Å². The van der Waals surface area contributed by atoms with Gasteiger partial charge in [0.2, 0.25) is 10.0 Å². The van der Waals surface area contributed by atoms with Crippen LogP contribution < -0.4 is 10.2 Å². The van der Waals surface area contributed by atoms with E-state index in [1.54, 1.807) is 16.6 Å². The maximum Gasteiger partial charge on any atom is 0.246 e. The topological polar surface area (TPSA) is 68.8 Å². The Labute approximate surface area is 196 Å². The molecule has 2 saturated heterocycles. The van der Waals surface area contributed by atoms with E-state index in [-0.39, 0.29) is 0 Å². The van der Waals surface area contributed by atoms with Gasteiger partial charge in [-0.15, -0.1) is 0 Å². The van der Waals surface area contributed by atoms with E-state index in [0.717, 1.165) is 48.9 Å². The monoisotopic (exact) mass is 477 g/mol. The molecule has 1 aromatic carbocycles. The molecule has 0 bridgehead atoms. The van der Waals surface area contributed by atoms with Crippen molar-refractivity contribution in [1.29, 1.82) is 0 Å². The molecule has 2 aliphatic heterocycles. The van der Waals surface area contributed by atoms with Crippen molar-refractivity contribution >= 4 is 33.0 Å². The van der Waals surface area contributed by atoms with Gasteiger partial charge in [-0.05, 0) is 55.5 Å². The summed E-state index contributed by atoms with van der Waals surface area (Å²) in [5.74, 6) is 0.793. The maximum absolute atomic E-state index is 13.3. The lowest BCUT2D eigenvalue weighted by atomic mass is 10.0. The summed E-state index contributed by atoms with van der Waals surface area (Å²) >= 11 is 6.19. The molecule has 9 heteroatoms. The van der Waals surface area contributed by atoms with Gasteiger partial charge in [0, 0.05) is 69.9 Å². The summed E-state index contributed by atoms with van der Waals surface area (Å²) in [5.41, 5.74) is 2.81. The number of fused-ring (bicyclic) bond motifs is 1. The molecule has 2 aromatic rings. The zero-order valence-electron chi connectivity index (χ0n) is 19.0. The molecule has 174 valence electrons. The number of rotatable bonds is 8. The fourth-order valence-electron chi connectivity index (χ4n) is 4.74. The van der Waals surface area contributed by atoms with Gasteiger partial charge in [-0.1, -0.05) is 17.7 Å². The van der Waals surface area contributed by atoms with Crippen LogP contribution >= 0.6 is 11.6 Å². The maximum atomic E-state index is 13.3. The highest BCUT2D eigenvalue weighted by molar-refractivity contribution is 7.89. The van der Waals surface area contributed by atoms with Crippen molar-refractivity contribution in [3.63, 3.8) is 0 Å². The van der Waals surface area contributed by atoms with Crippen molar-refractivity contribution in [2.75, 3.05) is 63.6 Å². The van der Waals surface area contributed by atoms with Gasteiger partial charge in [-0.3, -0.25) is 4.98 Å². The van der Waals surface area contributed by atoms with Crippen molar-refractivity contribution in [3.8, 4) is 0 Å². The van der Waals surface area contributed by atoms with Gasteiger partial charge >= 0.3 is 0 Å². The number of pyridine rings is 1. The van der Waals surface area contributed by atoms with Crippen LogP contribution in [0.3, 0.4) is 0 Å². The van der Waals surface area contributed by atoms with Gasteiger partial charge in [-0.2, -0.15) is 4.31 Å². The number of aryl methyl sites for hydroxylation is 1. The van der Waals surface area contributed by atoms with E-state index in [0.29, 0.717) is 35.5 Å². The lowest BCUT2D eigenvalue weighted by Crippen LogP contribution is -2.34. The van der Waals surface area contributed by atoms with Gasteiger partial charge in [0.1, 0.15) is 4.90 Å². The highest BCUT2D eigenvalue weighted by Crippen LogP contribution is 2.36. The fourth-order valence-corrected chi connectivity index (χ4v) is 6.69. The smallest absolute Gasteiger partial charge is 0.246 e. The third kappa shape index (κ3) is 4.88. The summed E-state index contributed by atoms with van der Waals surface area (Å²) in [7, 11) is 0.167. The van der Waals surface area contributed by atoms with Crippen LogP contribution in [0.1, 0.15) is 12.0 Å². The van der Waals surface area contributed by atoms with Crippen molar-refractivity contribution < 1.29 is 8.42 Å². The first kappa shape index (κ1) is 23.3. The fraction of sp³-hybridized carbons (Fsp3) is 0.522. The second kappa shape index (κ2) is 9.55. The molecule has 3 heterocycles. The van der Waals surface area contributed by atoms with Crippen LogP contribution in [0.25, 0.3) is 0 Å². The standard InChI is InChI=1S/C23H32ClN5O2S/c1-17-5-6-20(11-21(17)24)26-8-4-10-28-13-18-15-29(16-19(18)14-28)32(30,31)23-12-25-9-7-22(23)27(2)3/h5-7,9,11-12,18-19,26H,4,8,10,13-16H2,1-3H3. The van der Waals surface area contributed by atoms with E-state index in [2.05, 4.69) is 21.3 Å². The molecule has 4 rings (SSSR count). The van der Waals surface area contributed by atoms with Gasteiger partial charge in [-0.25, -0.2) is 8.42 Å². The summed E-state index contributed by atoms with van der Waals surface area (Å²) in [5, 5.41) is 4.22.